The van der Waals surface area contributed by atoms with Gasteiger partial charge in [0.25, 0.3) is 0 Å². The van der Waals surface area contributed by atoms with Crippen LogP contribution in [-0.4, -0.2) is 11.8 Å². The van der Waals surface area contributed by atoms with Crippen LogP contribution in [0.3, 0.4) is 0 Å². The summed E-state index contributed by atoms with van der Waals surface area (Å²) in [6.45, 7) is 3.53. The molecular weight excluding hydrogens is 264 g/mol. The molecule has 0 aliphatic carbocycles. The Labute approximate surface area is 124 Å². The van der Waals surface area contributed by atoms with Crippen LogP contribution in [0.1, 0.15) is 29.8 Å². The van der Waals surface area contributed by atoms with E-state index in [2.05, 4.69) is 10.6 Å². The van der Waals surface area contributed by atoms with Gasteiger partial charge in [0.15, 0.2) is 5.78 Å². The highest BCUT2D eigenvalue weighted by Crippen LogP contribution is 2.16. The van der Waals surface area contributed by atoms with Crippen molar-refractivity contribution in [3.63, 3.8) is 0 Å². The van der Waals surface area contributed by atoms with Gasteiger partial charge >= 0.3 is 6.03 Å². The van der Waals surface area contributed by atoms with Crippen LogP contribution in [0.2, 0.25) is 0 Å². The molecule has 0 bridgehead atoms. The third kappa shape index (κ3) is 3.92. The molecule has 0 aromatic heterocycles. The van der Waals surface area contributed by atoms with E-state index in [0.717, 1.165) is 17.7 Å². The highest BCUT2D eigenvalue weighted by Gasteiger charge is 2.07. The number of urea groups is 1. The van der Waals surface area contributed by atoms with Gasteiger partial charge in [-0.05, 0) is 37.1 Å². The van der Waals surface area contributed by atoms with Gasteiger partial charge in [-0.1, -0.05) is 37.3 Å². The molecule has 0 heterocycles. The molecule has 0 atom stereocenters. The SMILES string of the molecule is CCc1ccccc1NC(=O)Nc1cccc(C(C)=O)c1. The first kappa shape index (κ1) is 14.8. The maximum absolute atomic E-state index is 12.0. The third-order valence-electron chi connectivity index (χ3n) is 3.17. The number of hydrogen-bond acceptors (Lipinski definition) is 2. The van der Waals surface area contributed by atoms with E-state index >= 15 is 0 Å². The molecule has 0 aliphatic rings. The van der Waals surface area contributed by atoms with Crippen molar-refractivity contribution in [1.82, 2.24) is 0 Å². The summed E-state index contributed by atoms with van der Waals surface area (Å²) < 4.78 is 0. The Morgan fingerprint density at radius 1 is 1.00 bits per heavy atom. The topological polar surface area (TPSA) is 58.2 Å². The quantitative estimate of drug-likeness (QED) is 0.830. The fourth-order valence-corrected chi connectivity index (χ4v) is 2.05. The van der Waals surface area contributed by atoms with E-state index in [9.17, 15) is 9.59 Å². The van der Waals surface area contributed by atoms with Gasteiger partial charge < -0.3 is 10.6 Å². The van der Waals surface area contributed by atoms with Gasteiger partial charge in [-0.25, -0.2) is 4.79 Å². The number of amides is 2. The summed E-state index contributed by atoms with van der Waals surface area (Å²) in [5.74, 6) is -0.0320. The first-order valence-corrected chi connectivity index (χ1v) is 6.87. The van der Waals surface area contributed by atoms with E-state index in [4.69, 9.17) is 0 Å². The van der Waals surface area contributed by atoms with Crippen LogP contribution in [0.15, 0.2) is 48.5 Å². The van der Waals surface area contributed by atoms with Crippen molar-refractivity contribution < 1.29 is 9.59 Å². The molecule has 0 radical (unpaired) electrons. The number of hydrogen-bond donors (Lipinski definition) is 2. The molecule has 0 unspecified atom stereocenters. The number of benzene rings is 2. The summed E-state index contributed by atoms with van der Waals surface area (Å²) >= 11 is 0. The summed E-state index contributed by atoms with van der Waals surface area (Å²) in [7, 11) is 0. The molecule has 2 N–H and O–H groups in total. The lowest BCUT2D eigenvalue weighted by molar-refractivity contribution is 0.101. The van der Waals surface area contributed by atoms with Crippen LogP contribution in [0.5, 0.6) is 0 Å². The van der Waals surface area contributed by atoms with E-state index in [1.807, 2.05) is 31.2 Å². The number of nitrogens with one attached hydrogen (secondary N) is 2. The van der Waals surface area contributed by atoms with E-state index in [-0.39, 0.29) is 11.8 Å². The number of aryl methyl sites for hydroxylation is 1. The molecule has 21 heavy (non-hydrogen) atoms. The predicted octanol–water partition coefficient (Wildman–Crippen LogP) is 4.10. The van der Waals surface area contributed by atoms with Crippen LogP contribution in [0, 0.1) is 0 Å². The van der Waals surface area contributed by atoms with Crippen molar-refractivity contribution >= 4 is 23.2 Å². The molecule has 0 saturated heterocycles. The molecule has 0 aliphatic heterocycles. The standard InChI is InChI=1S/C17H18N2O2/c1-3-13-7-4-5-10-16(13)19-17(21)18-15-9-6-8-14(11-15)12(2)20/h4-11H,3H2,1-2H3,(H2,18,19,21). The average molecular weight is 282 g/mol. The Kier molecular flexibility index (Phi) is 4.72. The van der Waals surface area contributed by atoms with Gasteiger partial charge in [0.1, 0.15) is 0 Å². The summed E-state index contributed by atoms with van der Waals surface area (Å²) in [5.41, 5.74) is 3.03. The molecule has 2 amide bonds. The number of ketones is 1. The summed E-state index contributed by atoms with van der Waals surface area (Å²) in [5, 5.41) is 5.56. The third-order valence-corrected chi connectivity index (χ3v) is 3.17. The second kappa shape index (κ2) is 6.70. The number of anilines is 2. The van der Waals surface area contributed by atoms with Gasteiger partial charge in [0, 0.05) is 16.9 Å². The van der Waals surface area contributed by atoms with Gasteiger partial charge in [0.2, 0.25) is 0 Å². The van der Waals surface area contributed by atoms with Crippen molar-refractivity contribution in [2.75, 3.05) is 10.6 Å². The zero-order valence-corrected chi connectivity index (χ0v) is 12.1. The Bertz CT molecular complexity index is 665. The second-order valence-electron chi connectivity index (χ2n) is 4.73. The van der Waals surface area contributed by atoms with Gasteiger partial charge in [-0.3, -0.25) is 4.79 Å². The second-order valence-corrected chi connectivity index (χ2v) is 4.73. The van der Waals surface area contributed by atoms with Crippen LogP contribution >= 0.6 is 0 Å². The predicted molar refractivity (Wildman–Crippen MR) is 84.9 cm³/mol. The summed E-state index contributed by atoms with van der Waals surface area (Å²) in [4.78, 5) is 23.4. The van der Waals surface area contributed by atoms with Gasteiger partial charge in [-0.2, -0.15) is 0 Å². The Balaban J connectivity index is 2.08. The minimum Gasteiger partial charge on any atom is -0.308 e. The summed E-state index contributed by atoms with van der Waals surface area (Å²) in [6.07, 6.45) is 0.844. The van der Waals surface area contributed by atoms with Crippen molar-refractivity contribution in [2.24, 2.45) is 0 Å². The fourth-order valence-electron chi connectivity index (χ4n) is 2.05. The first-order valence-electron chi connectivity index (χ1n) is 6.87. The first-order chi connectivity index (χ1) is 10.1. The molecule has 0 spiro atoms. The number of Topliss-reactive ketones (excluding diaryl/α,β-unsaturated/α-hetero) is 1. The molecule has 4 nitrogen and oxygen atoms in total. The molecular formula is C17H18N2O2. The molecule has 0 saturated carbocycles. The Morgan fingerprint density at radius 3 is 2.48 bits per heavy atom. The van der Waals surface area contributed by atoms with Crippen molar-refractivity contribution in [3.8, 4) is 0 Å². The van der Waals surface area contributed by atoms with Gasteiger partial charge in [0.05, 0.1) is 0 Å². The Hall–Kier alpha value is -2.62. The monoisotopic (exact) mass is 282 g/mol. The molecule has 0 fully saturated rings. The average Bonchev–Trinajstić information content (AvgIpc) is 2.48. The van der Waals surface area contributed by atoms with E-state index in [1.54, 1.807) is 24.3 Å². The molecule has 2 aromatic rings. The van der Waals surface area contributed by atoms with E-state index < -0.39 is 0 Å². The maximum Gasteiger partial charge on any atom is 0.323 e. The smallest absolute Gasteiger partial charge is 0.308 e. The molecule has 2 aromatic carbocycles. The van der Waals surface area contributed by atoms with Gasteiger partial charge in [-0.15, -0.1) is 0 Å². The van der Waals surface area contributed by atoms with Crippen molar-refractivity contribution in [3.05, 3.63) is 59.7 Å². The summed E-state index contributed by atoms with van der Waals surface area (Å²) in [6, 6.07) is 14.2. The molecule has 108 valence electrons. The lowest BCUT2D eigenvalue weighted by atomic mass is 10.1. The zero-order chi connectivity index (χ0) is 15.2. The van der Waals surface area contributed by atoms with Crippen molar-refractivity contribution in [1.29, 1.82) is 0 Å². The zero-order valence-electron chi connectivity index (χ0n) is 12.1. The van der Waals surface area contributed by atoms with Crippen LogP contribution in [-0.2, 0) is 6.42 Å². The normalized spacial score (nSPS) is 10.0. The molecule has 2 rings (SSSR count). The lowest BCUT2D eigenvalue weighted by Crippen LogP contribution is -2.20. The lowest BCUT2D eigenvalue weighted by Gasteiger charge is -2.11. The number of carbonyl (C=O) groups is 2. The van der Waals surface area contributed by atoms with Crippen LogP contribution in [0.25, 0.3) is 0 Å². The Morgan fingerprint density at radius 2 is 1.76 bits per heavy atom. The highest BCUT2D eigenvalue weighted by atomic mass is 16.2. The van der Waals surface area contributed by atoms with Crippen LogP contribution in [0.4, 0.5) is 16.2 Å². The largest absolute Gasteiger partial charge is 0.323 e. The molecule has 4 heteroatoms. The highest BCUT2D eigenvalue weighted by molar-refractivity contribution is 6.01. The van der Waals surface area contributed by atoms with Crippen LogP contribution < -0.4 is 10.6 Å². The van der Waals surface area contributed by atoms with E-state index in [1.165, 1.54) is 6.92 Å². The number of carbonyl (C=O) groups excluding carboxylic acids is 2. The maximum atomic E-state index is 12.0. The minimum absolute atomic E-state index is 0.0320. The minimum atomic E-state index is -0.323. The number of rotatable bonds is 4. The fraction of sp³-hybridized carbons (Fsp3) is 0.176. The number of para-hydroxylation sites is 1. The van der Waals surface area contributed by atoms with Crippen molar-refractivity contribution in [2.45, 2.75) is 20.3 Å². The van der Waals surface area contributed by atoms with E-state index in [0.29, 0.717) is 11.3 Å².